The summed E-state index contributed by atoms with van der Waals surface area (Å²) >= 11 is 1.93. The van der Waals surface area contributed by atoms with Gasteiger partial charge in [-0.1, -0.05) is 40.5 Å². The summed E-state index contributed by atoms with van der Waals surface area (Å²) in [6.07, 6.45) is 5.04. The highest BCUT2D eigenvalue weighted by atomic mass is 32.2. The number of ketones is 1. The van der Waals surface area contributed by atoms with Crippen LogP contribution >= 0.6 is 11.8 Å². The molecule has 2 aliphatic heterocycles. The van der Waals surface area contributed by atoms with Gasteiger partial charge in [-0.15, -0.1) is 0 Å². The van der Waals surface area contributed by atoms with Crippen molar-refractivity contribution in [2.75, 3.05) is 5.75 Å². The second-order valence-electron chi connectivity index (χ2n) is 5.91. The van der Waals surface area contributed by atoms with Crippen molar-refractivity contribution in [1.29, 1.82) is 0 Å². The zero-order valence-electron chi connectivity index (χ0n) is 15.1. The van der Waals surface area contributed by atoms with Crippen LogP contribution in [0.2, 0.25) is 0 Å². The van der Waals surface area contributed by atoms with Gasteiger partial charge >= 0.3 is 6.03 Å². The Morgan fingerprint density at radius 3 is 2.45 bits per heavy atom. The molecule has 2 rings (SSSR count). The van der Waals surface area contributed by atoms with Crippen LogP contribution in [0.1, 0.15) is 73.6 Å². The smallest absolute Gasteiger partial charge is 0.315 e. The van der Waals surface area contributed by atoms with Crippen molar-refractivity contribution in [2.24, 2.45) is 0 Å². The average Bonchev–Trinajstić information content (AvgIpc) is 2.90. The third kappa shape index (κ3) is 6.19. The lowest BCUT2D eigenvalue weighted by atomic mass is 9.88. The predicted molar refractivity (Wildman–Crippen MR) is 96.6 cm³/mol. The van der Waals surface area contributed by atoms with E-state index >= 15 is 0 Å². The molecule has 0 aliphatic carbocycles. The number of carbonyl (C=O) groups excluding carboxylic acids is 2. The number of amides is 2. The van der Waals surface area contributed by atoms with Crippen LogP contribution in [-0.2, 0) is 4.79 Å². The molecule has 2 N–H and O–H groups in total. The van der Waals surface area contributed by atoms with Crippen LogP contribution in [0.3, 0.4) is 0 Å². The van der Waals surface area contributed by atoms with E-state index in [1.165, 1.54) is 6.42 Å². The molecule has 0 radical (unpaired) electrons. The molecule has 0 aromatic rings. The molecule has 0 unspecified atom stereocenters. The number of carbonyl (C=O) groups is 2. The van der Waals surface area contributed by atoms with Crippen LogP contribution in [0.25, 0.3) is 0 Å². The predicted octanol–water partition coefficient (Wildman–Crippen LogP) is 4.13. The zero-order valence-corrected chi connectivity index (χ0v) is 15.9. The van der Waals surface area contributed by atoms with E-state index in [1.54, 1.807) is 6.92 Å². The van der Waals surface area contributed by atoms with Crippen molar-refractivity contribution >= 4 is 23.6 Å². The highest BCUT2D eigenvalue weighted by Crippen LogP contribution is 2.40. The quantitative estimate of drug-likeness (QED) is 0.588. The first-order chi connectivity index (χ1) is 10.4. The van der Waals surface area contributed by atoms with Gasteiger partial charge in [0.15, 0.2) is 0 Å². The van der Waals surface area contributed by atoms with Gasteiger partial charge in [-0.25, -0.2) is 4.79 Å². The molecule has 2 aliphatic rings. The fourth-order valence-corrected chi connectivity index (χ4v) is 4.43. The Bertz CT molecular complexity index is 350. The van der Waals surface area contributed by atoms with Crippen molar-refractivity contribution in [2.45, 2.75) is 90.5 Å². The van der Waals surface area contributed by atoms with Gasteiger partial charge in [0.1, 0.15) is 5.78 Å². The number of fused-ring (bicyclic) bond motifs is 1. The van der Waals surface area contributed by atoms with Crippen LogP contribution in [-0.4, -0.2) is 34.4 Å². The number of thioether (sulfide) groups is 1. The van der Waals surface area contributed by atoms with E-state index < -0.39 is 0 Å². The highest BCUT2D eigenvalue weighted by molar-refractivity contribution is 8.00. The first-order valence-electron chi connectivity index (χ1n) is 8.63. The van der Waals surface area contributed by atoms with Crippen molar-refractivity contribution in [3.63, 3.8) is 0 Å². The van der Waals surface area contributed by atoms with E-state index in [2.05, 4.69) is 31.4 Å². The summed E-state index contributed by atoms with van der Waals surface area (Å²) < 4.78 is 0. The van der Waals surface area contributed by atoms with E-state index in [4.69, 9.17) is 0 Å². The standard InChI is InChI=1S/C12H20N2O2S.C3H8.C2H6/c1-8(15)5-3-4-6-10-12(2)9(7-17-10)13-11(16)14-12;1-3-2;1-2/h9-10H,3-7H2,1-2H3,(H2,13,14,16);3H2,1-2H3;1-2H3/t9-,10-,12-;;/m0../s1. The highest BCUT2D eigenvalue weighted by Gasteiger charge is 2.52. The Balaban J connectivity index is 0.000000789. The normalized spacial score (nSPS) is 28.4. The summed E-state index contributed by atoms with van der Waals surface area (Å²) in [5.41, 5.74) is -0.0992. The molecule has 5 heteroatoms. The molecule has 0 aromatic heterocycles. The van der Waals surface area contributed by atoms with E-state index in [-0.39, 0.29) is 23.4 Å². The summed E-state index contributed by atoms with van der Waals surface area (Å²) in [5, 5.41) is 6.49. The maximum absolute atomic E-state index is 11.4. The van der Waals surface area contributed by atoms with Crippen LogP contribution < -0.4 is 10.6 Å². The molecule has 2 heterocycles. The minimum atomic E-state index is -0.0992. The van der Waals surface area contributed by atoms with Gasteiger partial charge in [0.25, 0.3) is 0 Å². The fourth-order valence-electron chi connectivity index (χ4n) is 2.67. The number of urea groups is 1. The summed E-state index contributed by atoms with van der Waals surface area (Å²) in [4.78, 5) is 22.2. The van der Waals surface area contributed by atoms with Gasteiger partial charge in [0.05, 0.1) is 11.6 Å². The summed E-state index contributed by atoms with van der Waals surface area (Å²) in [5.74, 6) is 1.26. The topological polar surface area (TPSA) is 58.2 Å². The average molecular weight is 331 g/mol. The molecular weight excluding hydrogens is 296 g/mol. The Hall–Kier alpha value is -0.710. The van der Waals surface area contributed by atoms with E-state index in [0.717, 1.165) is 25.0 Å². The van der Waals surface area contributed by atoms with Crippen molar-refractivity contribution in [3.8, 4) is 0 Å². The minimum absolute atomic E-state index is 0.0356. The molecular formula is C17H34N2O2S. The Morgan fingerprint density at radius 2 is 1.91 bits per heavy atom. The molecule has 2 fully saturated rings. The maximum Gasteiger partial charge on any atom is 0.315 e. The van der Waals surface area contributed by atoms with Crippen LogP contribution in [0, 0.1) is 0 Å². The number of Topliss-reactive ketones (excluding diaryl/α,β-unsaturated/α-hetero) is 1. The van der Waals surface area contributed by atoms with Crippen molar-refractivity contribution < 1.29 is 9.59 Å². The number of nitrogens with one attached hydrogen (secondary N) is 2. The van der Waals surface area contributed by atoms with E-state index in [1.807, 2.05) is 25.6 Å². The third-order valence-corrected chi connectivity index (χ3v) is 5.44. The first-order valence-corrected chi connectivity index (χ1v) is 9.68. The summed E-state index contributed by atoms with van der Waals surface area (Å²) in [7, 11) is 0. The van der Waals surface area contributed by atoms with Crippen LogP contribution in [0.4, 0.5) is 4.79 Å². The Morgan fingerprint density at radius 1 is 1.32 bits per heavy atom. The van der Waals surface area contributed by atoms with Gasteiger partial charge < -0.3 is 15.4 Å². The lowest BCUT2D eigenvalue weighted by Crippen LogP contribution is -2.50. The van der Waals surface area contributed by atoms with E-state index in [0.29, 0.717) is 11.7 Å². The van der Waals surface area contributed by atoms with Gasteiger partial charge in [-0.2, -0.15) is 11.8 Å². The molecule has 3 atom stereocenters. The zero-order chi connectivity index (χ0) is 17.2. The first kappa shape index (κ1) is 21.3. The Kier molecular flexibility index (Phi) is 10.6. The molecule has 2 saturated heterocycles. The SMILES string of the molecule is CC.CC(=O)CCCC[C@@H]1SC[C@@H]2NC(=O)N[C@@]21C.CCC. The fraction of sp³-hybridized carbons (Fsp3) is 0.882. The molecule has 0 spiro atoms. The largest absolute Gasteiger partial charge is 0.332 e. The Labute approximate surface area is 140 Å². The lowest BCUT2D eigenvalue weighted by Gasteiger charge is -2.29. The molecule has 4 nitrogen and oxygen atoms in total. The lowest BCUT2D eigenvalue weighted by molar-refractivity contribution is -0.117. The van der Waals surface area contributed by atoms with Crippen LogP contribution in [0.5, 0.6) is 0 Å². The summed E-state index contributed by atoms with van der Waals surface area (Å²) in [6, 6.07) is 0.226. The second-order valence-corrected chi connectivity index (χ2v) is 7.15. The number of hydrogen-bond acceptors (Lipinski definition) is 3. The summed E-state index contributed by atoms with van der Waals surface area (Å²) in [6.45, 7) is 12.0. The number of rotatable bonds is 5. The van der Waals surface area contributed by atoms with Crippen molar-refractivity contribution in [1.82, 2.24) is 10.6 Å². The molecule has 0 aromatic carbocycles. The van der Waals surface area contributed by atoms with Crippen LogP contribution in [0.15, 0.2) is 0 Å². The molecule has 130 valence electrons. The van der Waals surface area contributed by atoms with Gasteiger partial charge in [0, 0.05) is 17.4 Å². The van der Waals surface area contributed by atoms with Gasteiger partial charge in [-0.05, 0) is 26.7 Å². The van der Waals surface area contributed by atoms with Gasteiger partial charge in [0.2, 0.25) is 0 Å². The third-order valence-electron chi connectivity index (χ3n) is 3.79. The minimum Gasteiger partial charge on any atom is -0.332 e. The molecule has 2 amide bonds. The molecule has 22 heavy (non-hydrogen) atoms. The number of unbranched alkanes of at least 4 members (excludes halogenated alkanes) is 1. The van der Waals surface area contributed by atoms with E-state index in [9.17, 15) is 9.59 Å². The monoisotopic (exact) mass is 330 g/mol. The van der Waals surface area contributed by atoms with Gasteiger partial charge in [-0.3, -0.25) is 0 Å². The molecule has 0 bridgehead atoms. The second kappa shape index (κ2) is 10.9. The number of hydrogen-bond donors (Lipinski definition) is 2. The van der Waals surface area contributed by atoms with Crippen molar-refractivity contribution in [3.05, 3.63) is 0 Å². The molecule has 0 saturated carbocycles. The maximum atomic E-state index is 11.4.